The van der Waals surface area contributed by atoms with E-state index in [1.165, 1.54) is 11.3 Å². The Hall–Kier alpha value is -0.140. The zero-order valence-corrected chi connectivity index (χ0v) is 13.6. The first-order valence-corrected chi connectivity index (χ1v) is 9.15. The Labute approximate surface area is 124 Å². The van der Waals surface area contributed by atoms with Gasteiger partial charge < -0.3 is 4.90 Å². The fourth-order valence-electron chi connectivity index (χ4n) is 2.49. The smallest absolute Gasteiger partial charge is 0.244 e. The first kappa shape index (κ1) is 15.3. The van der Waals surface area contributed by atoms with Crippen LogP contribution in [-0.4, -0.2) is 50.3 Å². The predicted octanol–water partition coefficient (Wildman–Crippen LogP) is 2.20. The lowest BCUT2D eigenvalue weighted by atomic mass is 10.3. The molecule has 0 spiro atoms. The van der Waals surface area contributed by atoms with E-state index in [1.54, 1.807) is 15.8 Å². The summed E-state index contributed by atoms with van der Waals surface area (Å²) in [4.78, 5) is 3.28. The molecule has 1 aliphatic rings. The number of thiophene rings is 1. The molecule has 2 heterocycles. The van der Waals surface area contributed by atoms with Crippen molar-refractivity contribution in [3.63, 3.8) is 0 Å². The van der Waals surface area contributed by atoms with Gasteiger partial charge in [-0.3, -0.25) is 0 Å². The summed E-state index contributed by atoms with van der Waals surface area (Å²) >= 11 is 7.23. The molecule has 0 amide bonds. The Morgan fingerprint density at radius 2 is 2.21 bits per heavy atom. The van der Waals surface area contributed by atoms with Gasteiger partial charge in [0.15, 0.2) is 0 Å². The number of alkyl halides is 1. The Kier molecular flexibility index (Phi) is 4.89. The van der Waals surface area contributed by atoms with E-state index in [2.05, 4.69) is 4.90 Å². The Morgan fingerprint density at radius 3 is 2.89 bits per heavy atom. The molecular weight excluding hydrogens is 304 g/mol. The van der Waals surface area contributed by atoms with Gasteiger partial charge in [-0.1, -0.05) is 0 Å². The third-order valence-corrected chi connectivity index (χ3v) is 6.97. The van der Waals surface area contributed by atoms with Crippen molar-refractivity contribution < 1.29 is 8.42 Å². The van der Waals surface area contributed by atoms with Gasteiger partial charge in [-0.05, 0) is 38.4 Å². The highest BCUT2D eigenvalue weighted by atomic mass is 35.5. The molecule has 1 atom stereocenters. The standard InChI is InChI=1S/C12H19ClN2O2S2/c1-10-9-14(2)5-3-6-15(10)19(16,17)12-4-7-18-11(12)8-13/h4,7,10H,3,5-6,8-9H2,1-2H3. The van der Waals surface area contributed by atoms with E-state index >= 15 is 0 Å². The SMILES string of the molecule is CC1CN(C)CCCN1S(=O)(=O)c1ccsc1CCl. The van der Waals surface area contributed by atoms with Crippen molar-refractivity contribution in [2.45, 2.75) is 30.2 Å². The predicted molar refractivity (Wildman–Crippen MR) is 79.3 cm³/mol. The molecule has 1 aromatic heterocycles. The van der Waals surface area contributed by atoms with E-state index in [1.807, 2.05) is 14.0 Å². The fourth-order valence-corrected chi connectivity index (χ4v) is 5.83. The summed E-state index contributed by atoms with van der Waals surface area (Å²) in [5.41, 5.74) is 0. The van der Waals surface area contributed by atoms with E-state index in [0.29, 0.717) is 11.4 Å². The third-order valence-electron chi connectivity index (χ3n) is 3.40. The van der Waals surface area contributed by atoms with Crippen molar-refractivity contribution in [3.8, 4) is 0 Å². The molecule has 0 N–H and O–H groups in total. The molecule has 2 rings (SSSR count). The Morgan fingerprint density at radius 1 is 1.47 bits per heavy atom. The highest BCUT2D eigenvalue weighted by molar-refractivity contribution is 7.89. The molecule has 1 unspecified atom stereocenters. The Balaban J connectivity index is 2.33. The maximum atomic E-state index is 12.8. The van der Waals surface area contributed by atoms with Crippen molar-refractivity contribution in [2.24, 2.45) is 0 Å². The molecule has 1 aliphatic heterocycles. The summed E-state index contributed by atoms with van der Waals surface area (Å²) in [5.74, 6) is 0.244. The maximum Gasteiger partial charge on any atom is 0.244 e. The minimum atomic E-state index is -3.42. The van der Waals surface area contributed by atoms with Crippen LogP contribution >= 0.6 is 22.9 Å². The van der Waals surface area contributed by atoms with Crippen LogP contribution in [0.25, 0.3) is 0 Å². The zero-order valence-electron chi connectivity index (χ0n) is 11.2. The number of sulfonamides is 1. The monoisotopic (exact) mass is 322 g/mol. The maximum absolute atomic E-state index is 12.8. The van der Waals surface area contributed by atoms with Gasteiger partial charge in [-0.2, -0.15) is 4.31 Å². The van der Waals surface area contributed by atoms with Crippen LogP contribution in [0.2, 0.25) is 0 Å². The van der Waals surface area contributed by atoms with Crippen LogP contribution in [0.4, 0.5) is 0 Å². The molecule has 0 aliphatic carbocycles. The molecule has 0 aromatic carbocycles. The van der Waals surface area contributed by atoms with Gasteiger partial charge in [0.2, 0.25) is 10.0 Å². The molecule has 1 aromatic rings. The van der Waals surface area contributed by atoms with Gasteiger partial charge in [0.25, 0.3) is 0 Å². The highest BCUT2D eigenvalue weighted by Gasteiger charge is 2.32. The van der Waals surface area contributed by atoms with Crippen molar-refractivity contribution in [2.75, 3.05) is 26.7 Å². The lowest BCUT2D eigenvalue weighted by molar-refractivity contribution is 0.290. The number of nitrogens with zero attached hydrogens (tertiary/aromatic N) is 2. The van der Waals surface area contributed by atoms with Gasteiger partial charge in [-0.25, -0.2) is 8.42 Å². The number of hydrogen-bond donors (Lipinski definition) is 0. The number of hydrogen-bond acceptors (Lipinski definition) is 4. The molecule has 19 heavy (non-hydrogen) atoms. The van der Waals surface area contributed by atoms with Gasteiger partial charge in [0, 0.05) is 24.0 Å². The topological polar surface area (TPSA) is 40.6 Å². The van der Waals surface area contributed by atoms with E-state index in [0.717, 1.165) is 24.4 Å². The lowest BCUT2D eigenvalue weighted by Gasteiger charge is -2.27. The van der Waals surface area contributed by atoms with Gasteiger partial charge >= 0.3 is 0 Å². The second-order valence-electron chi connectivity index (χ2n) is 4.92. The normalized spacial score (nSPS) is 23.4. The van der Waals surface area contributed by atoms with Crippen LogP contribution in [-0.2, 0) is 15.9 Å². The average Bonchev–Trinajstić information content (AvgIpc) is 2.76. The summed E-state index contributed by atoms with van der Waals surface area (Å²) in [6, 6.07) is 1.65. The number of halogens is 1. The van der Waals surface area contributed by atoms with Crippen LogP contribution in [0.1, 0.15) is 18.2 Å². The van der Waals surface area contributed by atoms with Crippen LogP contribution in [0, 0.1) is 0 Å². The van der Waals surface area contributed by atoms with Crippen molar-refractivity contribution in [1.82, 2.24) is 9.21 Å². The summed E-state index contributed by atoms with van der Waals surface area (Å²) in [6.07, 6.45) is 0.862. The summed E-state index contributed by atoms with van der Waals surface area (Å²) in [7, 11) is -1.40. The molecule has 1 fully saturated rings. The van der Waals surface area contributed by atoms with E-state index in [9.17, 15) is 8.42 Å². The minimum Gasteiger partial charge on any atom is -0.305 e. The minimum absolute atomic E-state index is 0.0134. The molecule has 0 bridgehead atoms. The zero-order chi connectivity index (χ0) is 14.0. The van der Waals surface area contributed by atoms with Gasteiger partial charge in [-0.15, -0.1) is 22.9 Å². The second kappa shape index (κ2) is 6.10. The van der Waals surface area contributed by atoms with Crippen LogP contribution in [0.15, 0.2) is 16.3 Å². The van der Waals surface area contributed by atoms with E-state index in [4.69, 9.17) is 11.6 Å². The molecular formula is C12H19ClN2O2S2. The third kappa shape index (κ3) is 3.13. The summed E-state index contributed by atoms with van der Waals surface area (Å²) < 4.78 is 27.1. The summed E-state index contributed by atoms with van der Waals surface area (Å²) in [6.45, 7) is 4.24. The molecule has 0 saturated carbocycles. The largest absolute Gasteiger partial charge is 0.305 e. The van der Waals surface area contributed by atoms with Gasteiger partial charge in [0.05, 0.1) is 10.8 Å². The molecule has 4 nitrogen and oxygen atoms in total. The number of rotatable bonds is 3. The van der Waals surface area contributed by atoms with Crippen LogP contribution in [0.3, 0.4) is 0 Å². The van der Waals surface area contributed by atoms with E-state index in [-0.39, 0.29) is 11.9 Å². The average molecular weight is 323 g/mol. The molecule has 0 radical (unpaired) electrons. The first-order chi connectivity index (χ1) is 8.96. The van der Waals surface area contributed by atoms with Crippen molar-refractivity contribution >= 4 is 33.0 Å². The first-order valence-electron chi connectivity index (χ1n) is 6.29. The highest BCUT2D eigenvalue weighted by Crippen LogP contribution is 2.28. The lowest BCUT2D eigenvalue weighted by Crippen LogP contribution is -2.42. The number of likely N-dealkylation sites (N-methyl/N-ethyl adjacent to an activating group) is 1. The Bertz CT molecular complexity index is 530. The quantitative estimate of drug-likeness (QED) is 0.801. The van der Waals surface area contributed by atoms with E-state index < -0.39 is 10.0 Å². The van der Waals surface area contributed by atoms with Crippen LogP contribution < -0.4 is 0 Å². The van der Waals surface area contributed by atoms with Crippen LogP contribution in [0.5, 0.6) is 0 Å². The fraction of sp³-hybridized carbons (Fsp3) is 0.667. The summed E-state index contributed by atoms with van der Waals surface area (Å²) in [5, 5.41) is 1.79. The van der Waals surface area contributed by atoms with Gasteiger partial charge in [0.1, 0.15) is 0 Å². The molecule has 108 valence electrons. The second-order valence-corrected chi connectivity index (χ2v) is 8.05. The van der Waals surface area contributed by atoms with Crippen molar-refractivity contribution in [3.05, 3.63) is 16.3 Å². The molecule has 7 heteroatoms. The molecule has 1 saturated heterocycles. The van der Waals surface area contributed by atoms with Crippen molar-refractivity contribution in [1.29, 1.82) is 0 Å².